The SMILES string of the molecule is CCCOc1cccc(C2/C(=C(\O)c3cc(C)c(OC)cc3C)C(=O)C(=O)N2CCOC)c1. The van der Waals surface area contributed by atoms with Crippen molar-refractivity contribution in [2.24, 2.45) is 0 Å². The summed E-state index contributed by atoms with van der Waals surface area (Å²) in [6.07, 6.45) is 0.854. The van der Waals surface area contributed by atoms with Gasteiger partial charge in [0.15, 0.2) is 0 Å². The van der Waals surface area contributed by atoms with Crippen LogP contribution in [0.5, 0.6) is 11.5 Å². The summed E-state index contributed by atoms with van der Waals surface area (Å²) in [4.78, 5) is 27.6. The first kappa shape index (κ1) is 24.3. The molecule has 1 heterocycles. The zero-order chi connectivity index (χ0) is 24.1. The molecule has 1 atom stereocenters. The number of hydrogen-bond acceptors (Lipinski definition) is 6. The van der Waals surface area contributed by atoms with E-state index >= 15 is 0 Å². The molecule has 1 N–H and O–H groups in total. The third-order valence-corrected chi connectivity index (χ3v) is 5.72. The molecule has 176 valence electrons. The number of carbonyl (C=O) groups excluding carboxylic acids is 2. The monoisotopic (exact) mass is 453 g/mol. The lowest BCUT2D eigenvalue weighted by atomic mass is 9.93. The van der Waals surface area contributed by atoms with Gasteiger partial charge in [0.25, 0.3) is 11.7 Å². The molecule has 1 aliphatic rings. The summed E-state index contributed by atoms with van der Waals surface area (Å²) in [5, 5.41) is 11.3. The van der Waals surface area contributed by atoms with Crippen molar-refractivity contribution in [2.75, 3.05) is 34.0 Å². The van der Waals surface area contributed by atoms with E-state index in [1.165, 1.54) is 12.0 Å². The fraction of sp³-hybridized carbons (Fsp3) is 0.385. The van der Waals surface area contributed by atoms with Gasteiger partial charge in [0.2, 0.25) is 0 Å². The van der Waals surface area contributed by atoms with Crippen molar-refractivity contribution in [3.8, 4) is 11.5 Å². The normalized spacial score (nSPS) is 17.5. The second-order valence-corrected chi connectivity index (χ2v) is 8.04. The van der Waals surface area contributed by atoms with Crippen LogP contribution < -0.4 is 9.47 Å². The van der Waals surface area contributed by atoms with Crippen LogP contribution in [0.15, 0.2) is 42.0 Å². The number of likely N-dealkylation sites (tertiary alicyclic amines) is 1. The number of aryl methyl sites for hydroxylation is 2. The molecule has 1 aliphatic heterocycles. The van der Waals surface area contributed by atoms with Gasteiger partial charge in [-0.15, -0.1) is 0 Å². The van der Waals surface area contributed by atoms with Gasteiger partial charge in [-0.2, -0.15) is 0 Å². The van der Waals surface area contributed by atoms with Crippen LogP contribution in [0.25, 0.3) is 5.76 Å². The van der Waals surface area contributed by atoms with E-state index in [0.29, 0.717) is 29.2 Å². The summed E-state index contributed by atoms with van der Waals surface area (Å²) in [5.74, 6) is -0.269. The number of methoxy groups -OCH3 is 2. The van der Waals surface area contributed by atoms with Crippen molar-refractivity contribution in [1.29, 1.82) is 0 Å². The third-order valence-electron chi connectivity index (χ3n) is 5.72. The molecule has 3 rings (SSSR count). The highest BCUT2D eigenvalue weighted by Crippen LogP contribution is 2.41. The average molecular weight is 454 g/mol. The smallest absolute Gasteiger partial charge is 0.295 e. The Bertz CT molecular complexity index is 1070. The Morgan fingerprint density at radius 3 is 2.48 bits per heavy atom. The molecule has 0 radical (unpaired) electrons. The van der Waals surface area contributed by atoms with E-state index in [-0.39, 0.29) is 24.5 Å². The van der Waals surface area contributed by atoms with E-state index in [1.807, 2.05) is 45.0 Å². The average Bonchev–Trinajstić information content (AvgIpc) is 3.07. The Morgan fingerprint density at radius 2 is 1.82 bits per heavy atom. The Kier molecular flexibility index (Phi) is 7.76. The van der Waals surface area contributed by atoms with Crippen molar-refractivity contribution in [2.45, 2.75) is 33.2 Å². The molecule has 33 heavy (non-hydrogen) atoms. The van der Waals surface area contributed by atoms with Gasteiger partial charge in [0, 0.05) is 19.2 Å². The van der Waals surface area contributed by atoms with Crippen molar-refractivity contribution >= 4 is 17.4 Å². The minimum atomic E-state index is -0.757. The van der Waals surface area contributed by atoms with Crippen molar-refractivity contribution < 1.29 is 28.9 Å². The van der Waals surface area contributed by atoms with Crippen molar-refractivity contribution in [3.63, 3.8) is 0 Å². The Balaban J connectivity index is 2.18. The van der Waals surface area contributed by atoms with Crippen LogP contribution in [0.2, 0.25) is 0 Å². The van der Waals surface area contributed by atoms with Crippen LogP contribution in [-0.2, 0) is 14.3 Å². The topological polar surface area (TPSA) is 85.3 Å². The summed E-state index contributed by atoms with van der Waals surface area (Å²) in [6.45, 7) is 6.73. The molecule has 0 aromatic heterocycles. The number of aliphatic hydroxyl groups is 1. The van der Waals surface area contributed by atoms with Gasteiger partial charge in [0.05, 0.1) is 31.9 Å². The molecule has 7 heteroatoms. The lowest BCUT2D eigenvalue weighted by molar-refractivity contribution is -0.140. The maximum absolute atomic E-state index is 13.1. The summed E-state index contributed by atoms with van der Waals surface area (Å²) < 4.78 is 16.3. The molecule has 1 fully saturated rings. The summed E-state index contributed by atoms with van der Waals surface area (Å²) >= 11 is 0. The van der Waals surface area contributed by atoms with Crippen molar-refractivity contribution in [3.05, 3.63) is 64.2 Å². The first-order chi connectivity index (χ1) is 15.8. The fourth-order valence-electron chi connectivity index (χ4n) is 4.05. The van der Waals surface area contributed by atoms with Gasteiger partial charge in [0.1, 0.15) is 17.3 Å². The predicted molar refractivity (Wildman–Crippen MR) is 126 cm³/mol. The fourth-order valence-corrected chi connectivity index (χ4v) is 4.05. The number of ether oxygens (including phenoxy) is 3. The molecule has 1 saturated heterocycles. The Hall–Kier alpha value is -3.32. The van der Waals surface area contributed by atoms with Gasteiger partial charge < -0.3 is 24.2 Å². The van der Waals surface area contributed by atoms with Crippen LogP contribution in [0.4, 0.5) is 0 Å². The van der Waals surface area contributed by atoms with Crippen LogP contribution in [0.1, 0.15) is 41.6 Å². The highest BCUT2D eigenvalue weighted by Gasteiger charge is 2.46. The van der Waals surface area contributed by atoms with Crippen LogP contribution in [0, 0.1) is 13.8 Å². The lowest BCUT2D eigenvalue weighted by Gasteiger charge is -2.25. The first-order valence-corrected chi connectivity index (χ1v) is 11.0. The zero-order valence-corrected chi connectivity index (χ0v) is 19.8. The van der Waals surface area contributed by atoms with Gasteiger partial charge >= 0.3 is 0 Å². The lowest BCUT2D eigenvalue weighted by Crippen LogP contribution is -2.32. The number of aliphatic hydroxyl groups excluding tert-OH is 1. The van der Waals surface area contributed by atoms with Gasteiger partial charge in [-0.05, 0) is 61.2 Å². The number of carbonyl (C=O) groups is 2. The number of nitrogens with zero attached hydrogens (tertiary/aromatic N) is 1. The Morgan fingerprint density at radius 1 is 1.06 bits per heavy atom. The minimum absolute atomic E-state index is 0.0522. The van der Waals surface area contributed by atoms with E-state index in [9.17, 15) is 14.7 Å². The highest BCUT2D eigenvalue weighted by atomic mass is 16.5. The van der Waals surface area contributed by atoms with Gasteiger partial charge in [-0.25, -0.2) is 0 Å². The molecule has 1 amide bonds. The molecular formula is C26H31NO6. The quantitative estimate of drug-likeness (QED) is 0.349. The minimum Gasteiger partial charge on any atom is -0.507 e. The van der Waals surface area contributed by atoms with E-state index in [0.717, 1.165) is 17.5 Å². The summed E-state index contributed by atoms with van der Waals surface area (Å²) in [6, 6.07) is 10.1. The molecule has 0 spiro atoms. The molecule has 7 nitrogen and oxygen atoms in total. The largest absolute Gasteiger partial charge is 0.507 e. The van der Waals surface area contributed by atoms with Crippen molar-refractivity contribution in [1.82, 2.24) is 4.90 Å². The van der Waals surface area contributed by atoms with E-state index in [2.05, 4.69) is 0 Å². The number of ketones is 1. The molecular weight excluding hydrogens is 422 g/mol. The number of rotatable bonds is 9. The highest BCUT2D eigenvalue weighted by molar-refractivity contribution is 6.46. The second-order valence-electron chi connectivity index (χ2n) is 8.04. The molecule has 1 unspecified atom stereocenters. The zero-order valence-electron chi connectivity index (χ0n) is 19.8. The third kappa shape index (κ3) is 4.88. The van der Waals surface area contributed by atoms with E-state index in [1.54, 1.807) is 19.2 Å². The number of amides is 1. The standard InChI is InChI=1S/C26H31NO6/c1-6-11-33-19-9-7-8-18(15-19)23-22(25(29)26(30)27(23)10-12-31-4)24(28)20-13-17(3)21(32-5)14-16(20)2/h7-9,13-15,23,28H,6,10-12H2,1-5H3/b24-22+. The molecule has 0 bridgehead atoms. The van der Waals surface area contributed by atoms with Gasteiger partial charge in [-0.3, -0.25) is 9.59 Å². The van der Waals surface area contributed by atoms with E-state index < -0.39 is 17.7 Å². The first-order valence-electron chi connectivity index (χ1n) is 11.0. The van der Waals surface area contributed by atoms with E-state index in [4.69, 9.17) is 14.2 Å². The number of Topliss-reactive ketones (excluding diaryl/α,β-unsaturated/α-hetero) is 1. The summed E-state index contributed by atoms with van der Waals surface area (Å²) in [7, 11) is 3.12. The Labute approximate surface area is 194 Å². The second kappa shape index (κ2) is 10.5. The molecule has 0 saturated carbocycles. The maximum Gasteiger partial charge on any atom is 0.295 e. The summed E-state index contributed by atoms with van der Waals surface area (Å²) in [5.41, 5.74) is 2.77. The maximum atomic E-state index is 13.1. The number of hydrogen-bond donors (Lipinski definition) is 1. The van der Waals surface area contributed by atoms with Crippen LogP contribution in [0.3, 0.4) is 0 Å². The van der Waals surface area contributed by atoms with Crippen LogP contribution >= 0.6 is 0 Å². The molecule has 2 aromatic carbocycles. The predicted octanol–water partition coefficient (Wildman–Crippen LogP) is 4.17. The van der Waals surface area contributed by atoms with Gasteiger partial charge in [-0.1, -0.05) is 19.1 Å². The molecule has 2 aromatic rings. The molecule has 0 aliphatic carbocycles. The number of benzene rings is 2. The van der Waals surface area contributed by atoms with Crippen LogP contribution in [-0.4, -0.2) is 55.7 Å².